The van der Waals surface area contributed by atoms with Crippen LogP contribution in [-0.4, -0.2) is 0 Å². The number of nitrogens with two attached hydrogens (primary N) is 1. The third-order valence-electron chi connectivity index (χ3n) is 6.54. The Morgan fingerprint density at radius 3 is 2.38 bits per heavy atom. The Bertz CT molecular complexity index is 477. The molecular formula is C19H28N2. The molecule has 0 radical (unpaired) electrons. The van der Waals surface area contributed by atoms with Crippen molar-refractivity contribution >= 4 is 0 Å². The van der Waals surface area contributed by atoms with Crippen molar-refractivity contribution in [2.24, 2.45) is 23.6 Å². The summed E-state index contributed by atoms with van der Waals surface area (Å²) in [6.45, 7) is 0. The zero-order valence-electron chi connectivity index (χ0n) is 12.9. The van der Waals surface area contributed by atoms with Gasteiger partial charge in [0, 0.05) is 6.04 Å². The molecule has 2 nitrogen and oxygen atoms in total. The van der Waals surface area contributed by atoms with E-state index < -0.39 is 0 Å². The van der Waals surface area contributed by atoms with Gasteiger partial charge < -0.3 is 0 Å². The lowest BCUT2D eigenvalue weighted by Gasteiger charge is -2.28. The first-order valence-corrected chi connectivity index (χ1v) is 8.89. The standard InChI is InChI=1S/C19H28N2/c20-21-19(12-18-11-13-4-5-17(18)10-13)16-8-6-15(7-9-16)14-2-1-3-14/h6-9,13-14,17-19,21H,1-5,10-12,20H2. The number of hydrogen-bond donors (Lipinski definition) is 2. The molecule has 0 heterocycles. The molecule has 1 aromatic carbocycles. The van der Waals surface area contributed by atoms with E-state index in [2.05, 4.69) is 29.7 Å². The van der Waals surface area contributed by atoms with Gasteiger partial charge in [-0.1, -0.05) is 37.1 Å². The van der Waals surface area contributed by atoms with Crippen molar-refractivity contribution < 1.29 is 0 Å². The molecule has 3 saturated carbocycles. The van der Waals surface area contributed by atoms with Crippen LogP contribution in [0.2, 0.25) is 0 Å². The summed E-state index contributed by atoms with van der Waals surface area (Å²) in [4.78, 5) is 0. The molecule has 4 atom stereocenters. The van der Waals surface area contributed by atoms with Crippen LogP contribution < -0.4 is 11.3 Å². The van der Waals surface area contributed by atoms with E-state index in [1.165, 1.54) is 62.5 Å². The van der Waals surface area contributed by atoms with Gasteiger partial charge in [-0.3, -0.25) is 11.3 Å². The van der Waals surface area contributed by atoms with Crippen molar-refractivity contribution in [2.75, 3.05) is 0 Å². The molecule has 2 bridgehead atoms. The summed E-state index contributed by atoms with van der Waals surface area (Å²) in [5.74, 6) is 9.61. The van der Waals surface area contributed by atoms with Crippen LogP contribution in [-0.2, 0) is 0 Å². The summed E-state index contributed by atoms with van der Waals surface area (Å²) in [5, 5.41) is 0. The molecule has 0 amide bonds. The zero-order valence-corrected chi connectivity index (χ0v) is 12.9. The van der Waals surface area contributed by atoms with Crippen molar-refractivity contribution in [1.29, 1.82) is 0 Å². The number of benzene rings is 1. The van der Waals surface area contributed by atoms with Gasteiger partial charge in [0.2, 0.25) is 0 Å². The van der Waals surface area contributed by atoms with Crippen LogP contribution in [0.25, 0.3) is 0 Å². The van der Waals surface area contributed by atoms with Gasteiger partial charge in [-0.05, 0) is 73.3 Å². The van der Waals surface area contributed by atoms with E-state index in [1.807, 2.05) is 0 Å². The molecule has 4 unspecified atom stereocenters. The van der Waals surface area contributed by atoms with Crippen LogP contribution in [0, 0.1) is 17.8 Å². The monoisotopic (exact) mass is 284 g/mol. The van der Waals surface area contributed by atoms with Crippen LogP contribution in [0.4, 0.5) is 0 Å². The molecule has 0 aromatic heterocycles. The van der Waals surface area contributed by atoms with Gasteiger partial charge in [0.25, 0.3) is 0 Å². The predicted octanol–water partition coefficient (Wildman–Crippen LogP) is 4.28. The fraction of sp³-hybridized carbons (Fsp3) is 0.684. The van der Waals surface area contributed by atoms with E-state index in [-0.39, 0.29) is 0 Å². The highest BCUT2D eigenvalue weighted by Gasteiger charge is 2.40. The summed E-state index contributed by atoms with van der Waals surface area (Å²) < 4.78 is 0. The highest BCUT2D eigenvalue weighted by atomic mass is 15.2. The molecule has 4 rings (SSSR count). The number of rotatable bonds is 5. The summed E-state index contributed by atoms with van der Waals surface area (Å²) in [7, 11) is 0. The van der Waals surface area contributed by atoms with Crippen molar-refractivity contribution in [2.45, 2.75) is 63.3 Å². The molecule has 2 heteroatoms. The summed E-state index contributed by atoms with van der Waals surface area (Å²) in [6, 6.07) is 9.63. The number of hydrazine groups is 1. The Morgan fingerprint density at radius 1 is 1.05 bits per heavy atom. The van der Waals surface area contributed by atoms with Crippen molar-refractivity contribution in [3.05, 3.63) is 35.4 Å². The Hall–Kier alpha value is -0.860. The maximum atomic E-state index is 5.87. The van der Waals surface area contributed by atoms with Gasteiger partial charge in [0.15, 0.2) is 0 Å². The highest BCUT2D eigenvalue weighted by Crippen LogP contribution is 2.50. The summed E-state index contributed by atoms with van der Waals surface area (Å²) in [6.07, 6.45) is 11.3. The molecule has 114 valence electrons. The molecule has 21 heavy (non-hydrogen) atoms. The summed E-state index contributed by atoms with van der Waals surface area (Å²) >= 11 is 0. The third kappa shape index (κ3) is 2.64. The topological polar surface area (TPSA) is 38.0 Å². The molecule has 3 N–H and O–H groups in total. The van der Waals surface area contributed by atoms with Crippen LogP contribution in [0.5, 0.6) is 0 Å². The Kier molecular flexibility index (Phi) is 3.76. The minimum atomic E-state index is 0.338. The number of fused-ring (bicyclic) bond motifs is 2. The first-order valence-electron chi connectivity index (χ1n) is 8.89. The number of nitrogens with one attached hydrogen (secondary N) is 1. The molecule has 0 aliphatic heterocycles. The lowest BCUT2D eigenvalue weighted by atomic mass is 9.79. The summed E-state index contributed by atoms with van der Waals surface area (Å²) in [5.41, 5.74) is 5.99. The fourth-order valence-corrected chi connectivity index (χ4v) is 5.01. The van der Waals surface area contributed by atoms with Gasteiger partial charge in [0.1, 0.15) is 0 Å². The average Bonchev–Trinajstić information content (AvgIpc) is 3.06. The Morgan fingerprint density at radius 2 is 1.86 bits per heavy atom. The van der Waals surface area contributed by atoms with Gasteiger partial charge >= 0.3 is 0 Å². The van der Waals surface area contributed by atoms with Crippen LogP contribution in [0.1, 0.15) is 74.5 Å². The quantitative estimate of drug-likeness (QED) is 0.625. The van der Waals surface area contributed by atoms with E-state index in [4.69, 9.17) is 5.84 Å². The van der Waals surface area contributed by atoms with Gasteiger partial charge in [-0.25, -0.2) is 0 Å². The van der Waals surface area contributed by atoms with Crippen LogP contribution in [0.3, 0.4) is 0 Å². The second-order valence-corrected chi connectivity index (χ2v) is 7.68. The number of hydrogen-bond acceptors (Lipinski definition) is 2. The first kappa shape index (κ1) is 13.8. The molecular weight excluding hydrogens is 256 g/mol. The first-order chi connectivity index (χ1) is 10.3. The highest BCUT2D eigenvalue weighted by molar-refractivity contribution is 5.28. The maximum Gasteiger partial charge on any atom is 0.0462 e. The van der Waals surface area contributed by atoms with E-state index >= 15 is 0 Å². The van der Waals surface area contributed by atoms with Crippen molar-refractivity contribution in [3.63, 3.8) is 0 Å². The lowest BCUT2D eigenvalue weighted by Crippen LogP contribution is -2.30. The largest absolute Gasteiger partial charge is 0.271 e. The van der Waals surface area contributed by atoms with Crippen LogP contribution in [0.15, 0.2) is 24.3 Å². The molecule has 3 fully saturated rings. The van der Waals surface area contributed by atoms with Gasteiger partial charge in [-0.15, -0.1) is 0 Å². The zero-order chi connectivity index (χ0) is 14.2. The van der Waals surface area contributed by atoms with Gasteiger partial charge in [0.05, 0.1) is 0 Å². The molecule has 3 aliphatic rings. The normalized spacial score (nSPS) is 33.1. The van der Waals surface area contributed by atoms with Crippen molar-refractivity contribution in [1.82, 2.24) is 5.43 Å². The third-order valence-corrected chi connectivity index (χ3v) is 6.54. The minimum absolute atomic E-state index is 0.338. The smallest absolute Gasteiger partial charge is 0.0462 e. The molecule has 3 aliphatic carbocycles. The Balaban J connectivity index is 1.42. The SMILES string of the molecule is NNC(CC1CC2CCC1C2)c1ccc(C2CCC2)cc1. The lowest BCUT2D eigenvalue weighted by molar-refractivity contribution is 0.280. The predicted molar refractivity (Wildman–Crippen MR) is 86.7 cm³/mol. The van der Waals surface area contributed by atoms with Gasteiger partial charge in [-0.2, -0.15) is 0 Å². The minimum Gasteiger partial charge on any atom is -0.271 e. The van der Waals surface area contributed by atoms with E-state index in [9.17, 15) is 0 Å². The van der Waals surface area contributed by atoms with E-state index in [1.54, 1.807) is 0 Å². The van der Waals surface area contributed by atoms with E-state index in [0.29, 0.717) is 6.04 Å². The molecule has 1 aromatic rings. The molecule has 0 saturated heterocycles. The van der Waals surface area contributed by atoms with Crippen molar-refractivity contribution in [3.8, 4) is 0 Å². The maximum absolute atomic E-state index is 5.87. The average molecular weight is 284 g/mol. The molecule has 0 spiro atoms. The fourth-order valence-electron chi connectivity index (χ4n) is 5.01. The Labute approximate surface area is 128 Å². The second-order valence-electron chi connectivity index (χ2n) is 7.68. The van der Waals surface area contributed by atoms with Crippen LogP contribution >= 0.6 is 0 Å². The second kappa shape index (κ2) is 5.73. The van der Waals surface area contributed by atoms with E-state index in [0.717, 1.165) is 23.7 Å².